The largest absolute Gasteiger partial charge is 0.417 e. The highest BCUT2D eigenvalue weighted by atomic mass is 28.4. The zero-order chi connectivity index (χ0) is 23.8. The van der Waals surface area contributed by atoms with Gasteiger partial charge in [-0.15, -0.1) is 0 Å². The third-order valence-electron chi connectivity index (χ3n) is 7.73. The van der Waals surface area contributed by atoms with Crippen LogP contribution in [0, 0.1) is 11.8 Å². The molecule has 0 spiro atoms. The lowest BCUT2D eigenvalue weighted by atomic mass is 9.92. The molecule has 0 aromatic heterocycles. The van der Waals surface area contributed by atoms with Crippen molar-refractivity contribution >= 4 is 8.32 Å². The first kappa shape index (κ1) is 27.6. The average molecular weight is 463 g/mol. The summed E-state index contributed by atoms with van der Waals surface area (Å²) in [6.45, 7) is 21.1. The first-order valence-electron chi connectivity index (χ1n) is 12.9. The first-order chi connectivity index (χ1) is 14.9. The summed E-state index contributed by atoms with van der Waals surface area (Å²) >= 11 is 0. The van der Waals surface area contributed by atoms with Gasteiger partial charge in [0.15, 0.2) is 8.32 Å². The molecule has 32 heavy (non-hydrogen) atoms. The van der Waals surface area contributed by atoms with Gasteiger partial charge in [0.25, 0.3) is 0 Å². The predicted octanol–water partition coefficient (Wildman–Crippen LogP) is 8.00. The van der Waals surface area contributed by atoms with Crippen LogP contribution < -0.4 is 0 Å². The van der Waals surface area contributed by atoms with Crippen molar-refractivity contribution in [1.82, 2.24) is 0 Å². The van der Waals surface area contributed by atoms with Crippen LogP contribution >= 0.6 is 0 Å². The molecule has 0 saturated carbocycles. The molecular weight excluding hydrogens is 412 g/mol. The minimum absolute atomic E-state index is 0.115. The first-order valence-corrected chi connectivity index (χ1v) is 15.8. The van der Waals surface area contributed by atoms with Gasteiger partial charge in [-0.2, -0.15) is 0 Å². The van der Waals surface area contributed by atoms with Crippen LogP contribution in [-0.4, -0.2) is 33.2 Å². The molecule has 0 amide bonds. The zero-order valence-corrected chi connectivity index (χ0v) is 23.2. The molecule has 1 aliphatic rings. The summed E-state index contributed by atoms with van der Waals surface area (Å²) in [5.41, 5.74) is 1.37. The maximum absolute atomic E-state index is 6.40. The molecule has 3 nitrogen and oxygen atoms in total. The van der Waals surface area contributed by atoms with Gasteiger partial charge in [0.05, 0.1) is 18.3 Å². The summed E-state index contributed by atoms with van der Waals surface area (Å²) < 4.78 is 18.4. The van der Waals surface area contributed by atoms with E-state index in [1.807, 2.05) is 6.07 Å². The lowest BCUT2D eigenvalue weighted by molar-refractivity contribution is 0.107. The summed E-state index contributed by atoms with van der Waals surface area (Å²) in [5.74, 6) is 1.31. The Bertz CT molecular complexity index is 654. The SMILES string of the molecule is C[C@@H](CCOCc1ccccc1)CC[C@H]1O[C@@]1(C)CCC[C@@H](C)CO[Si](C)(C)C(C)(C)C. The summed E-state index contributed by atoms with van der Waals surface area (Å²) in [4.78, 5) is 0. The molecule has 1 saturated heterocycles. The third-order valence-corrected chi connectivity index (χ3v) is 12.2. The Morgan fingerprint density at radius 1 is 1.03 bits per heavy atom. The lowest BCUT2D eigenvalue weighted by Gasteiger charge is -2.37. The highest BCUT2D eigenvalue weighted by Gasteiger charge is 2.50. The van der Waals surface area contributed by atoms with E-state index in [0.29, 0.717) is 23.0 Å². The summed E-state index contributed by atoms with van der Waals surface area (Å²) in [5, 5.41) is 0.292. The quantitative estimate of drug-likeness (QED) is 0.150. The topological polar surface area (TPSA) is 31.0 Å². The minimum atomic E-state index is -1.63. The number of hydrogen-bond acceptors (Lipinski definition) is 3. The van der Waals surface area contributed by atoms with Crippen LogP contribution in [0.25, 0.3) is 0 Å². The van der Waals surface area contributed by atoms with Gasteiger partial charge in [-0.05, 0) is 74.6 Å². The number of ether oxygens (including phenoxy) is 2. The van der Waals surface area contributed by atoms with E-state index in [-0.39, 0.29) is 5.60 Å². The number of benzene rings is 1. The van der Waals surface area contributed by atoms with E-state index in [2.05, 4.69) is 78.9 Å². The molecule has 4 atom stereocenters. The van der Waals surface area contributed by atoms with Crippen molar-refractivity contribution in [2.75, 3.05) is 13.2 Å². The Kier molecular flexibility index (Phi) is 10.5. The highest BCUT2D eigenvalue weighted by molar-refractivity contribution is 6.74. The molecule has 1 aliphatic heterocycles. The second-order valence-corrected chi connectivity index (χ2v) is 16.8. The molecule has 0 bridgehead atoms. The molecule has 184 valence electrons. The predicted molar refractivity (Wildman–Crippen MR) is 139 cm³/mol. The van der Waals surface area contributed by atoms with Gasteiger partial charge in [0.1, 0.15) is 0 Å². The Morgan fingerprint density at radius 2 is 1.72 bits per heavy atom. The second-order valence-electron chi connectivity index (χ2n) is 12.0. The number of rotatable bonds is 15. The van der Waals surface area contributed by atoms with Crippen molar-refractivity contribution in [1.29, 1.82) is 0 Å². The van der Waals surface area contributed by atoms with Crippen LogP contribution in [-0.2, 0) is 20.5 Å². The molecule has 4 heteroatoms. The molecule has 0 radical (unpaired) electrons. The summed E-state index contributed by atoms with van der Waals surface area (Å²) in [7, 11) is -1.63. The van der Waals surface area contributed by atoms with Crippen molar-refractivity contribution in [3.05, 3.63) is 35.9 Å². The van der Waals surface area contributed by atoms with Gasteiger partial charge in [-0.25, -0.2) is 0 Å². The standard InChI is InChI=1S/C28H50O3Si/c1-23(18-20-29-22-25-14-10-9-11-15-25)16-17-26-28(6,31-26)19-12-13-24(2)21-30-32(7,8)27(3,4)5/h9-11,14-15,23-24,26H,12-13,16-22H2,1-8H3/t23-,24-,26-,28+/m1/s1. The average Bonchev–Trinajstić information content (AvgIpc) is 3.38. The van der Waals surface area contributed by atoms with Gasteiger partial charge < -0.3 is 13.9 Å². The van der Waals surface area contributed by atoms with Crippen molar-refractivity contribution in [3.63, 3.8) is 0 Å². The second kappa shape index (κ2) is 12.1. The van der Waals surface area contributed by atoms with Crippen LogP contribution in [0.4, 0.5) is 0 Å². The van der Waals surface area contributed by atoms with Gasteiger partial charge >= 0.3 is 0 Å². The molecule has 0 N–H and O–H groups in total. The van der Waals surface area contributed by atoms with E-state index < -0.39 is 8.32 Å². The van der Waals surface area contributed by atoms with Crippen molar-refractivity contribution in [2.45, 2.75) is 117 Å². The Labute approximate surface area is 199 Å². The molecule has 0 unspecified atom stereocenters. The molecule has 1 aromatic rings. The van der Waals surface area contributed by atoms with Crippen LogP contribution in [0.5, 0.6) is 0 Å². The van der Waals surface area contributed by atoms with Gasteiger partial charge in [-0.3, -0.25) is 0 Å². The smallest absolute Gasteiger partial charge is 0.191 e. The van der Waals surface area contributed by atoms with Crippen molar-refractivity contribution in [3.8, 4) is 0 Å². The highest BCUT2D eigenvalue weighted by Crippen LogP contribution is 2.44. The van der Waals surface area contributed by atoms with E-state index in [4.69, 9.17) is 13.9 Å². The van der Waals surface area contributed by atoms with E-state index in [0.717, 1.165) is 26.2 Å². The minimum Gasteiger partial charge on any atom is -0.417 e. The summed E-state index contributed by atoms with van der Waals surface area (Å²) in [6.07, 6.45) is 7.63. The van der Waals surface area contributed by atoms with Gasteiger partial charge in [0.2, 0.25) is 0 Å². The Morgan fingerprint density at radius 3 is 2.38 bits per heavy atom. The number of hydrogen-bond donors (Lipinski definition) is 0. The van der Waals surface area contributed by atoms with E-state index in [9.17, 15) is 0 Å². The molecular formula is C28H50O3Si. The monoisotopic (exact) mass is 462 g/mol. The van der Waals surface area contributed by atoms with Crippen molar-refractivity contribution < 1.29 is 13.9 Å². The maximum Gasteiger partial charge on any atom is 0.191 e. The van der Waals surface area contributed by atoms with Gasteiger partial charge in [-0.1, -0.05) is 71.4 Å². The normalized spacial score (nSPS) is 23.2. The van der Waals surface area contributed by atoms with Crippen LogP contribution in [0.15, 0.2) is 30.3 Å². The number of epoxide rings is 1. The van der Waals surface area contributed by atoms with Crippen molar-refractivity contribution in [2.24, 2.45) is 11.8 Å². The fraction of sp³-hybridized carbons (Fsp3) is 0.786. The molecule has 0 aliphatic carbocycles. The fourth-order valence-corrected chi connectivity index (χ4v) is 5.09. The molecule has 1 heterocycles. The molecule has 2 rings (SSSR count). The summed E-state index contributed by atoms with van der Waals surface area (Å²) in [6, 6.07) is 10.4. The maximum atomic E-state index is 6.40. The lowest BCUT2D eigenvalue weighted by Crippen LogP contribution is -2.41. The Balaban J connectivity index is 1.52. The van der Waals surface area contributed by atoms with E-state index >= 15 is 0 Å². The van der Waals surface area contributed by atoms with Crippen LogP contribution in [0.2, 0.25) is 18.1 Å². The molecule has 1 aromatic carbocycles. The van der Waals surface area contributed by atoms with Gasteiger partial charge in [0, 0.05) is 13.2 Å². The van der Waals surface area contributed by atoms with Crippen LogP contribution in [0.3, 0.4) is 0 Å². The van der Waals surface area contributed by atoms with Crippen LogP contribution in [0.1, 0.15) is 85.6 Å². The van der Waals surface area contributed by atoms with E-state index in [1.165, 1.54) is 37.7 Å². The zero-order valence-electron chi connectivity index (χ0n) is 22.2. The Hall–Kier alpha value is -0.683. The fourth-order valence-electron chi connectivity index (χ4n) is 3.96. The molecule has 1 fully saturated rings. The van der Waals surface area contributed by atoms with E-state index in [1.54, 1.807) is 0 Å². The third kappa shape index (κ3) is 9.28.